The molecule has 8 nitrogen and oxygen atoms in total. The summed E-state index contributed by atoms with van der Waals surface area (Å²) in [4.78, 5) is 13.4. The molecule has 4 N–H and O–H groups in total. The number of nitrogens with one attached hydrogen (secondary N) is 1. The number of rotatable bonds is 3. The van der Waals surface area contributed by atoms with Gasteiger partial charge in [-0.3, -0.25) is 4.72 Å². The third-order valence-electron chi connectivity index (χ3n) is 5.12. The molecule has 0 saturated heterocycles. The predicted molar refractivity (Wildman–Crippen MR) is 113 cm³/mol. The zero-order valence-corrected chi connectivity index (χ0v) is 18.6. The van der Waals surface area contributed by atoms with Crippen molar-refractivity contribution in [2.24, 2.45) is 5.73 Å². The third-order valence-corrected chi connectivity index (χ3v) is 5.73. The molecule has 190 valence electrons. The van der Waals surface area contributed by atoms with Gasteiger partial charge in [0.2, 0.25) is 10.0 Å². The van der Waals surface area contributed by atoms with Gasteiger partial charge in [-0.25, -0.2) is 31.4 Å². The van der Waals surface area contributed by atoms with E-state index < -0.39 is 51.6 Å². The Hall–Kier alpha value is -3.33. The fourth-order valence-corrected chi connectivity index (χ4v) is 4.22. The topological polar surface area (TPSA) is 127 Å². The Bertz CT molecular complexity index is 1390. The lowest BCUT2D eigenvalue weighted by Crippen LogP contribution is -2.39. The molecule has 0 unspecified atom stereocenters. The van der Waals surface area contributed by atoms with Gasteiger partial charge < -0.3 is 15.4 Å². The molecule has 1 aliphatic heterocycles. The summed E-state index contributed by atoms with van der Waals surface area (Å²) in [6, 6.07) is 5.79. The first-order chi connectivity index (χ1) is 16.1. The summed E-state index contributed by atoms with van der Waals surface area (Å²) in [6.45, 7) is 0.313. The number of hydrogen-bond donors (Lipinski definition) is 3. The van der Waals surface area contributed by atoms with E-state index in [4.69, 9.17) is 15.6 Å². The number of hydrogen-bond acceptors (Lipinski definition) is 5. The van der Waals surface area contributed by atoms with Crippen molar-refractivity contribution in [2.75, 3.05) is 11.0 Å². The molecule has 3 aromatic rings. The second kappa shape index (κ2) is 9.37. The molecule has 0 saturated carbocycles. The fourth-order valence-electron chi connectivity index (χ4n) is 3.67. The van der Waals surface area contributed by atoms with Crippen LogP contribution >= 0.6 is 0 Å². The van der Waals surface area contributed by atoms with Gasteiger partial charge in [0.05, 0.1) is 23.0 Å². The average Bonchev–Trinajstić information content (AvgIpc) is 3.05. The van der Waals surface area contributed by atoms with Crippen molar-refractivity contribution in [3.8, 4) is 0 Å². The van der Waals surface area contributed by atoms with Crippen LogP contribution in [0.1, 0.15) is 17.3 Å². The molecule has 0 radical (unpaired) electrons. The van der Waals surface area contributed by atoms with Crippen LogP contribution in [0.15, 0.2) is 30.3 Å². The number of nitrogens with zero attached hydrogens (tertiary/aromatic N) is 2. The number of carboxylic acid groups (broad SMARTS) is 1. The number of benzene rings is 2. The summed E-state index contributed by atoms with van der Waals surface area (Å²) < 4.78 is 99.9. The summed E-state index contributed by atoms with van der Waals surface area (Å²) in [5, 5.41) is 7.12. The number of aromatic nitrogens is 2. The molecular formula is C20H18F6N4O4S. The maximum Gasteiger partial charge on any atom is 0.490 e. The Morgan fingerprint density at radius 3 is 2.31 bits per heavy atom. The molecule has 1 aromatic heterocycles. The summed E-state index contributed by atoms with van der Waals surface area (Å²) in [5.74, 6) is -5.92. The number of carbonyl (C=O) groups is 1. The number of nitrogens with two attached hydrogens (primary N) is 1. The third kappa shape index (κ3) is 6.03. The molecule has 0 bridgehead atoms. The standard InChI is InChI=1S/C18H17F3N4O2S.C2HF3O2/c1-28(26,27)24-9-2-3-17-16(4-9)23-18-6-11(15(22)8-25(17)18)10-5-13(20)14(21)7-12(10)19;3-2(4,5)1(6)7/h2-5,7,11,15,24H,6,8,22H2,1H3;(H,6,7)/t11-,15+;/m1./s1. The Balaban J connectivity index is 0.000000429. The first-order valence-corrected chi connectivity index (χ1v) is 11.6. The lowest BCUT2D eigenvalue weighted by molar-refractivity contribution is -0.192. The molecule has 35 heavy (non-hydrogen) atoms. The van der Waals surface area contributed by atoms with Gasteiger partial charge in [-0.15, -0.1) is 0 Å². The van der Waals surface area contributed by atoms with Crippen molar-refractivity contribution < 1.29 is 44.7 Å². The molecular weight excluding hydrogens is 506 g/mol. The van der Waals surface area contributed by atoms with Gasteiger partial charge in [0.1, 0.15) is 11.6 Å². The number of halogens is 6. The summed E-state index contributed by atoms with van der Waals surface area (Å²) in [7, 11) is -3.43. The molecule has 0 amide bonds. The monoisotopic (exact) mass is 524 g/mol. The van der Waals surface area contributed by atoms with Crippen molar-refractivity contribution in [2.45, 2.75) is 31.1 Å². The smallest absolute Gasteiger partial charge is 0.475 e. The molecule has 0 aliphatic carbocycles. The summed E-state index contributed by atoms with van der Waals surface area (Å²) in [5.41, 5.74) is 7.93. The highest BCUT2D eigenvalue weighted by molar-refractivity contribution is 7.92. The molecule has 1 aliphatic rings. The van der Waals surface area contributed by atoms with E-state index in [1.165, 1.54) is 0 Å². The molecule has 2 atom stereocenters. The van der Waals surface area contributed by atoms with Crippen molar-refractivity contribution in [1.29, 1.82) is 0 Å². The first-order valence-electron chi connectivity index (χ1n) is 9.74. The van der Waals surface area contributed by atoms with E-state index in [2.05, 4.69) is 9.71 Å². The molecule has 15 heteroatoms. The number of aliphatic carboxylic acids is 1. The molecule has 0 fully saturated rings. The lowest BCUT2D eigenvalue weighted by Gasteiger charge is -2.30. The van der Waals surface area contributed by atoms with E-state index in [-0.39, 0.29) is 12.0 Å². The predicted octanol–water partition coefficient (Wildman–Crippen LogP) is 3.13. The molecule has 2 heterocycles. The minimum Gasteiger partial charge on any atom is -0.475 e. The number of carboxylic acids is 1. The zero-order chi connectivity index (χ0) is 26.3. The number of alkyl halides is 3. The summed E-state index contributed by atoms with van der Waals surface area (Å²) in [6.07, 6.45) is -3.79. The number of fused-ring (bicyclic) bond motifs is 3. The van der Waals surface area contributed by atoms with Gasteiger partial charge in [0.15, 0.2) is 11.6 Å². The van der Waals surface area contributed by atoms with Gasteiger partial charge in [-0.2, -0.15) is 13.2 Å². The minimum atomic E-state index is -5.08. The van der Waals surface area contributed by atoms with E-state index in [0.29, 0.717) is 29.6 Å². The fraction of sp³-hybridized carbons (Fsp3) is 0.300. The molecule has 4 rings (SSSR count). The van der Waals surface area contributed by atoms with Crippen LogP contribution in [0.4, 0.5) is 32.0 Å². The van der Waals surface area contributed by atoms with Crippen LogP contribution in [0, 0.1) is 17.5 Å². The van der Waals surface area contributed by atoms with Gasteiger partial charge in [0.25, 0.3) is 0 Å². The minimum absolute atomic E-state index is 0.0177. The molecule has 2 aromatic carbocycles. The highest BCUT2D eigenvalue weighted by Gasteiger charge is 2.38. The van der Waals surface area contributed by atoms with E-state index in [0.717, 1.165) is 17.8 Å². The van der Waals surface area contributed by atoms with Crippen LogP contribution in [-0.4, -0.2) is 47.5 Å². The zero-order valence-electron chi connectivity index (χ0n) is 17.8. The van der Waals surface area contributed by atoms with Crippen LogP contribution < -0.4 is 10.5 Å². The Labute approximate surface area is 194 Å². The van der Waals surface area contributed by atoms with Crippen molar-refractivity contribution >= 4 is 32.7 Å². The van der Waals surface area contributed by atoms with Gasteiger partial charge in [-0.1, -0.05) is 0 Å². The number of sulfonamides is 1. The highest BCUT2D eigenvalue weighted by atomic mass is 32.2. The van der Waals surface area contributed by atoms with E-state index in [9.17, 15) is 34.8 Å². The van der Waals surface area contributed by atoms with E-state index >= 15 is 0 Å². The number of anilines is 1. The second-order valence-electron chi connectivity index (χ2n) is 7.78. The van der Waals surface area contributed by atoms with Crippen molar-refractivity contribution in [3.63, 3.8) is 0 Å². The van der Waals surface area contributed by atoms with E-state index in [1.54, 1.807) is 18.2 Å². The Morgan fingerprint density at radius 2 is 1.74 bits per heavy atom. The van der Waals surface area contributed by atoms with Crippen LogP contribution in [-0.2, 0) is 27.8 Å². The lowest BCUT2D eigenvalue weighted by atomic mass is 9.86. The maximum absolute atomic E-state index is 14.2. The molecule has 0 spiro atoms. The Morgan fingerprint density at radius 1 is 1.14 bits per heavy atom. The SMILES string of the molecule is CS(=O)(=O)Nc1ccc2c(c1)nc1n2C[C@H](N)[C@@H](c2cc(F)c(F)cc2F)C1.O=C(O)C(F)(F)F. The summed E-state index contributed by atoms with van der Waals surface area (Å²) >= 11 is 0. The largest absolute Gasteiger partial charge is 0.490 e. The first kappa shape index (κ1) is 26.3. The van der Waals surface area contributed by atoms with Crippen LogP contribution in [0.2, 0.25) is 0 Å². The average molecular weight is 524 g/mol. The van der Waals surface area contributed by atoms with Crippen LogP contribution in [0.3, 0.4) is 0 Å². The van der Waals surface area contributed by atoms with Gasteiger partial charge in [0, 0.05) is 31.0 Å². The Kier molecular flexibility index (Phi) is 7.04. The maximum atomic E-state index is 14.2. The quantitative estimate of drug-likeness (QED) is 0.357. The highest BCUT2D eigenvalue weighted by Crippen LogP contribution is 2.34. The van der Waals surface area contributed by atoms with E-state index in [1.807, 2.05) is 4.57 Å². The van der Waals surface area contributed by atoms with Crippen molar-refractivity contribution in [1.82, 2.24) is 9.55 Å². The second-order valence-corrected chi connectivity index (χ2v) is 9.53. The van der Waals surface area contributed by atoms with Gasteiger partial charge in [-0.05, 0) is 29.8 Å². The normalized spacial score (nSPS) is 17.9. The van der Waals surface area contributed by atoms with Crippen LogP contribution in [0.5, 0.6) is 0 Å². The van der Waals surface area contributed by atoms with Gasteiger partial charge >= 0.3 is 12.1 Å². The number of imidazole rings is 1. The van der Waals surface area contributed by atoms with Crippen LogP contribution in [0.25, 0.3) is 11.0 Å². The van der Waals surface area contributed by atoms with Crippen molar-refractivity contribution in [3.05, 3.63) is 59.2 Å².